The number of sulfonamides is 1. The van der Waals surface area contributed by atoms with Crippen LogP contribution in [0.15, 0.2) is 24.3 Å². The molecule has 0 aromatic heterocycles. The highest BCUT2D eigenvalue weighted by Crippen LogP contribution is 2.32. The third-order valence-corrected chi connectivity index (χ3v) is 8.45. The second-order valence-corrected chi connectivity index (χ2v) is 10.3. The van der Waals surface area contributed by atoms with Gasteiger partial charge in [-0.05, 0) is 36.5 Å². The van der Waals surface area contributed by atoms with Crippen LogP contribution >= 0.6 is 11.6 Å². The highest BCUT2D eigenvalue weighted by atomic mass is 35.5. The first-order valence-corrected chi connectivity index (χ1v) is 11.7. The molecule has 1 aromatic rings. The van der Waals surface area contributed by atoms with Crippen LogP contribution in [0, 0.1) is 0 Å². The van der Waals surface area contributed by atoms with E-state index in [1.54, 1.807) is 14.1 Å². The van der Waals surface area contributed by atoms with E-state index < -0.39 is 15.3 Å². The predicted octanol–water partition coefficient (Wildman–Crippen LogP) is 1.99. The smallest absolute Gasteiger partial charge is 0.320 e. The first-order valence-electron chi connectivity index (χ1n) is 9.81. The van der Waals surface area contributed by atoms with E-state index >= 15 is 0 Å². The lowest BCUT2D eigenvalue weighted by atomic mass is 9.90. The maximum absolute atomic E-state index is 12.9. The van der Waals surface area contributed by atoms with E-state index in [0.29, 0.717) is 50.3 Å². The normalized spacial score (nSPS) is 22.9. The summed E-state index contributed by atoms with van der Waals surface area (Å²) in [5, 5.41) is 0.231. The topological polar surface area (TPSA) is 70.2 Å². The third kappa shape index (κ3) is 4.01. The molecule has 3 fully saturated rings. The summed E-state index contributed by atoms with van der Waals surface area (Å²) in [5.74, 6) is 0.365. The summed E-state index contributed by atoms with van der Waals surface area (Å²) in [7, 11) is -3.36. The fourth-order valence-corrected chi connectivity index (χ4v) is 6.13. The number of benzene rings is 1. The van der Waals surface area contributed by atoms with Gasteiger partial charge in [-0.3, -0.25) is 0 Å². The highest BCUT2D eigenvalue weighted by Gasteiger charge is 2.44. The molecule has 0 aliphatic carbocycles. The molecule has 0 atom stereocenters. The van der Waals surface area contributed by atoms with Gasteiger partial charge in [0.1, 0.15) is 5.25 Å². The first-order chi connectivity index (χ1) is 13.4. The Morgan fingerprint density at radius 2 is 1.57 bits per heavy atom. The number of carbonyl (C=O) groups is 1. The van der Waals surface area contributed by atoms with Gasteiger partial charge in [0.25, 0.3) is 0 Å². The van der Waals surface area contributed by atoms with Gasteiger partial charge in [-0.25, -0.2) is 17.5 Å². The molecule has 0 radical (unpaired) electrons. The van der Waals surface area contributed by atoms with Gasteiger partial charge < -0.3 is 14.5 Å². The maximum Gasteiger partial charge on any atom is 0.320 e. The van der Waals surface area contributed by atoms with Crippen molar-refractivity contribution in [3.63, 3.8) is 0 Å². The van der Waals surface area contributed by atoms with Gasteiger partial charge in [-0.15, -0.1) is 0 Å². The van der Waals surface area contributed by atoms with Crippen LogP contribution in [-0.4, -0.2) is 86.3 Å². The van der Waals surface area contributed by atoms with E-state index in [4.69, 9.17) is 16.3 Å². The predicted molar refractivity (Wildman–Crippen MR) is 107 cm³/mol. The molecule has 0 spiro atoms. The number of urea groups is 1. The van der Waals surface area contributed by atoms with Crippen molar-refractivity contribution in [2.45, 2.75) is 24.0 Å². The van der Waals surface area contributed by atoms with Crippen LogP contribution in [0.2, 0.25) is 5.02 Å². The lowest BCUT2D eigenvalue weighted by molar-refractivity contribution is 0.0378. The molecule has 3 heterocycles. The number of hydrogen-bond donors (Lipinski definition) is 0. The molecule has 2 amide bonds. The summed E-state index contributed by atoms with van der Waals surface area (Å²) in [6, 6.07) is 7.75. The zero-order valence-corrected chi connectivity index (χ0v) is 17.4. The van der Waals surface area contributed by atoms with Crippen LogP contribution in [0.1, 0.15) is 24.3 Å². The lowest BCUT2D eigenvalue weighted by Gasteiger charge is -2.44. The first kappa shape index (κ1) is 19.9. The highest BCUT2D eigenvalue weighted by molar-refractivity contribution is 7.89. The van der Waals surface area contributed by atoms with Crippen molar-refractivity contribution in [2.75, 3.05) is 52.5 Å². The number of carbonyl (C=O) groups excluding carboxylic acids is 1. The zero-order valence-electron chi connectivity index (χ0n) is 15.8. The number of halogens is 1. The fraction of sp³-hybridized carbons (Fsp3) is 0.632. The number of ether oxygens (including phenoxy) is 1. The second kappa shape index (κ2) is 8.18. The minimum atomic E-state index is -3.36. The summed E-state index contributed by atoms with van der Waals surface area (Å²) in [6.07, 6.45) is 1.62. The number of likely N-dealkylation sites (tertiary alicyclic amines) is 1. The Morgan fingerprint density at radius 1 is 0.964 bits per heavy atom. The summed E-state index contributed by atoms with van der Waals surface area (Å²) in [6.45, 7) is 3.88. The Balaban J connectivity index is 1.29. The van der Waals surface area contributed by atoms with Gasteiger partial charge in [0.05, 0.1) is 13.2 Å². The number of morpholine rings is 1. The fourth-order valence-electron chi connectivity index (χ4n) is 4.13. The molecule has 4 rings (SSSR count). The summed E-state index contributed by atoms with van der Waals surface area (Å²) in [5.41, 5.74) is 1.22. The molecule has 28 heavy (non-hydrogen) atoms. The van der Waals surface area contributed by atoms with Crippen LogP contribution in [-0.2, 0) is 14.8 Å². The van der Waals surface area contributed by atoms with Gasteiger partial charge in [0.15, 0.2) is 0 Å². The molecular weight excluding hydrogens is 402 g/mol. The molecule has 0 bridgehead atoms. The van der Waals surface area contributed by atoms with Crippen LogP contribution < -0.4 is 0 Å². The average molecular weight is 428 g/mol. The van der Waals surface area contributed by atoms with E-state index in [0.717, 1.165) is 12.8 Å². The summed E-state index contributed by atoms with van der Waals surface area (Å²) >= 11 is 5.95. The standard InChI is InChI=1S/C19H26ClN3O4S/c20-17-3-1-15(2-4-17)16-5-7-23(8-6-16)28(25,26)18-13-22(14-18)19(24)21-9-11-27-12-10-21/h1-4,16,18H,5-14H2. The van der Waals surface area contributed by atoms with Crippen molar-refractivity contribution in [1.82, 2.24) is 14.1 Å². The molecule has 9 heteroatoms. The molecule has 7 nitrogen and oxygen atoms in total. The van der Waals surface area contributed by atoms with Crippen LogP contribution in [0.25, 0.3) is 0 Å². The van der Waals surface area contributed by atoms with Gasteiger partial charge in [-0.1, -0.05) is 23.7 Å². The molecule has 0 N–H and O–H groups in total. The number of rotatable bonds is 3. The monoisotopic (exact) mass is 427 g/mol. The molecule has 0 unspecified atom stereocenters. The third-order valence-electron chi connectivity index (χ3n) is 5.98. The molecular formula is C19H26ClN3O4S. The molecule has 0 saturated carbocycles. The average Bonchev–Trinajstić information content (AvgIpc) is 2.68. The molecule has 3 saturated heterocycles. The van der Waals surface area contributed by atoms with E-state index in [-0.39, 0.29) is 19.1 Å². The van der Waals surface area contributed by atoms with Crippen LogP contribution in [0.4, 0.5) is 4.79 Å². The Bertz CT molecular complexity index is 797. The maximum atomic E-state index is 12.9. The molecule has 1 aromatic carbocycles. The quantitative estimate of drug-likeness (QED) is 0.739. The van der Waals surface area contributed by atoms with Crippen LogP contribution in [0.3, 0.4) is 0 Å². The minimum Gasteiger partial charge on any atom is -0.378 e. The van der Waals surface area contributed by atoms with Crippen molar-refractivity contribution >= 4 is 27.7 Å². The molecule has 3 aliphatic rings. The van der Waals surface area contributed by atoms with E-state index in [2.05, 4.69) is 0 Å². The SMILES string of the molecule is O=C(N1CCOCC1)N1CC(S(=O)(=O)N2CCC(c3ccc(Cl)cc3)CC2)C1. The number of piperidine rings is 1. The zero-order chi connectivity index (χ0) is 19.7. The Kier molecular flexibility index (Phi) is 5.83. The Labute approximate surface area is 171 Å². The second-order valence-electron chi connectivity index (χ2n) is 7.68. The lowest BCUT2D eigenvalue weighted by Crippen LogP contribution is -2.63. The van der Waals surface area contributed by atoms with Crippen molar-refractivity contribution in [3.05, 3.63) is 34.9 Å². The van der Waals surface area contributed by atoms with Crippen molar-refractivity contribution in [3.8, 4) is 0 Å². The molecule has 154 valence electrons. The van der Waals surface area contributed by atoms with Crippen LogP contribution in [0.5, 0.6) is 0 Å². The summed E-state index contributed by atoms with van der Waals surface area (Å²) < 4.78 is 32.7. The van der Waals surface area contributed by atoms with E-state index in [9.17, 15) is 13.2 Å². The minimum absolute atomic E-state index is 0.0730. The van der Waals surface area contributed by atoms with Gasteiger partial charge in [-0.2, -0.15) is 0 Å². The van der Waals surface area contributed by atoms with Gasteiger partial charge in [0.2, 0.25) is 10.0 Å². The summed E-state index contributed by atoms with van der Waals surface area (Å²) in [4.78, 5) is 15.8. The van der Waals surface area contributed by atoms with Crippen molar-refractivity contribution in [1.29, 1.82) is 0 Å². The number of hydrogen-bond acceptors (Lipinski definition) is 4. The molecule has 3 aliphatic heterocycles. The van der Waals surface area contributed by atoms with Gasteiger partial charge in [0, 0.05) is 44.3 Å². The largest absolute Gasteiger partial charge is 0.378 e. The van der Waals surface area contributed by atoms with Crippen molar-refractivity contribution < 1.29 is 17.9 Å². The Morgan fingerprint density at radius 3 is 2.18 bits per heavy atom. The Hall–Kier alpha value is -1.35. The number of amides is 2. The van der Waals surface area contributed by atoms with E-state index in [1.807, 2.05) is 24.3 Å². The number of nitrogens with zero attached hydrogens (tertiary/aromatic N) is 3. The van der Waals surface area contributed by atoms with Crippen molar-refractivity contribution in [2.24, 2.45) is 0 Å². The van der Waals surface area contributed by atoms with E-state index in [1.165, 1.54) is 5.56 Å². The van der Waals surface area contributed by atoms with Gasteiger partial charge >= 0.3 is 6.03 Å².